The van der Waals surface area contributed by atoms with Gasteiger partial charge in [-0.15, -0.1) is 0 Å². The second-order valence-electron chi connectivity index (χ2n) is 3.59. The highest BCUT2D eigenvalue weighted by molar-refractivity contribution is 5.03. The number of nitrogens with zero attached hydrogens (tertiary/aromatic N) is 1. The van der Waals surface area contributed by atoms with E-state index in [4.69, 9.17) is 5.73 Å². The lowest BCUT2D eigenvalue weighted by molar-refractivity contribution is 0.295. The molecule has 1 aliphatic carbocycles. The number of H-pyrrole nitrogens is 1. The lowest BCUT2D eigenvalue weighted by atomic mass is 9.92. The summed E-state index contributed by atoms with van der Waals surface area (Å²) in [6.45, 7) is 0.232. The summed E-state index contributed by atoms with van der Waals surface area (Å²) in [6, 6.07) is 1.64. The maximum Gasteiger partial charge on any atom is 0.328 e. The van der Waals surface area contributed by atoms with Crippen LogP contribution in [0.25, 0.3) is 0 Å². The molecule has 0 bridgehead atoms. The van der Waals surface area contributed by atoms with Gasteiger partial charge in [-0.2, -0.15) is 0 Å². The summed E-state index contributed by atoms with van der Waals surface area (Å²) in [5, 5.41) is 0. The van der Waals surface area contributed by atoms with E-state index in [0.29, 0.717) is 5.69 Å². The number of nitrogens with one attached hydrogen (secondary N) is 1. The van der Waals surface area contributed by atoms with E-state index in [1.165, 1.54) is 6.07 Å². The van der Waals surface area contributed by atoms with Crippen LogP contribution in [0.2, 0.25) is 0 Å². The Labute approximate surface area is 80.6 Å². The highest BCUT2D eigenvalue weighted by Crippen LogP contribution is 2.30. The van der Waals surface area contributed by atoms with Crippen LogP contribution in [0.1, 0.15) is 31.0 Å². The molecule has 3 N–H and O–H groups in total. The molecule has 0 saturated heterocycles. The van der Waals surface area contributed by atoms with E-state index in [9.17, 15) is 9.59 Å². The monoisotopic (exact) mass is 195 g/mol. The van der Waals surface area contributed by atoms with E-state index < -0.39 is 0 Å². The minimum absolute atomic E-state index is 0.232. The fourth-order valence-electron chi connectivity index (χ4n) is 1.76. The molecule has 0 amide bonds. The number of aromatic nitrogens is 2. The van der Waals surface area contributed by atoms with Crippen molar-refractivity contribution in [3.8, 4) is 0 Å². The maximum absolute atomic E-state index is 11.5. The Hall–Kier alpha value is -1.36. The third-order valence-electron chi connectivity index (χ3n) is 2.71. The largest absolute Gasteiger partial charge is 0.328 e. The third-order valence-corrected chi connectivity index (χ3v) is 2.71. The van der Waals surface area contributed by atoms with Crippen molar-refractivity contribution in [1.82, 2.24) is 9.55 Å². The molecule has 1 aromatic rings. The molecule has 0 atom stereocenters. The van der Waals surface area contributed by atoms with Crippen LogP contribution in [-0.2, 0) is 6.54 Å². The fraction of sp³-hybridized carbons (Fsp3) is 0.556. The quantitative estimate of drug-likeness (QED) is 0.681. The lowest BCUT2D eigenvalue weighted by Gasteiger charge is -2.29. The zero-order valence-corrected chi connectivity index (χ0v) is 7.82. The van der Waals surface area contributed by atoms with Crippen LogP contribution in [0.4, 0.5) is 0 Å². The van der Waals surface area contributed by atoms with Gasteiger partial charge < -0.3 is 5.73 Å². The molecule has 0 unspecified atom stereocenters. The smallest absolute Gasteiger partial charge is 0.325 e. The Balaban J connectivity index is 2.55. The Morgan fingerprint density at radius 2 is 2.21 bits per heavy atom. The zero-order chi connectivity index (χ0) is 10.1. The summed E-state index contributed by atoms with van der Waals surface area (Å²) in [5.74, 6) is 0. The minimum atomic E-state index is -0.369. The highest BCUT2D eigenvalue weighted by atomic mass is 16.2. The fourth-order valence-corrected chi connectivity index (χ4v) is 1.76. The first-order chi connectivity index (χ1) is 6.72. The van der Waals surface area contributed by atoms with Gasteiger partial charge >= 0.3 is 5.69 Å². The van der Waals surface area contributed by atoms with Crippen molar-refractivity contribution in [1.29, 1.82) is 0 Å². The van der Waals surface area contributed by atoms with Gasteiger partial charge in [0.05, 0.1) is 0 Å². The molecule has 0 radical (unpaired) electrons. The third kappa shape index (κ3) is 1.39. The van der Waals surface area contributed by atoms with Crippen LogP contribution in [-0.4, -0.2) is 9.55 Å². The van der Waals surface area contributed by atoms with Crippen molar-refractivity contribution in [2.75, 3.05) is 0 Å². The van der Waals surface area contributed by atoms with Crippen LogP contribution < -0.4 is 17.0 Å². The summed E-state index contributed by atoms with van der Waals surface area (Å²) in [4.78, 5) is 24.8. The molecular formula is C9H13N3O2. The number of hydrogen-bond donors (Lipinski definition) is 2. The van der Waals surface area contributed by atoms with Crippen molar-refractivity contribution < 1.29 is 0 Å². The molecule has 1 aromatic heterocycles. The minimum Gasteiger partial charge on any atom is -0.325 e. The first kappa shape index (κ1) is 9.21. The van der Waals surface area contributed by atoms with Crippen molar-refractivity contribution in [2.24, 2.45) is 5.73 Å². The molecule has 1 fully saturated rings. The molecule has 14 heavy (non-hydrogen) atoms. The van der Waals surface area contributed by atoms with E-state index in [1.54, 1.807) is 4.57 Å². The highest BCUT2D eigenvalue weighted by Gasteiger charge is 2.22. The summed E-state index contributed by atoms with van der Waals surface area (Å²) < 4.78 is 1.62. The average molecular weight is 195 g/mol. The molecule has 2 rings (SSSR count). The molecular weight excluding hydrogens is 182 g/mol. The molecule has 5 heteroatoms. The van der Waals surface area contributed by atoms with Crippen LogP contribution in [0, 0.1) is 0 Å². The van der Waals surface area contributed by atoms with Gasteiger partial charge in [-0.25, -0.2) is 4.79 Å². The standard InChI is InChI=1S/C9H13N3O2/c10-5-7-4-8(13)11-9(14)12(7)6-2-1-3-6/h4,6H,1-3,5,10H2,(H,11,13,14). The number of nitrogens with two attached hydrogens (primary N) is 1. The molecule has 0 spiro atoms. The number of rotatable bonds is 2. The Morgan fingerprint density at radius 1 is 1.50 bits per heavy atom. The van der Waals surface area contributed by atoms with E-state index in [2.05, 4.69) is 4.98 Å². The molecule has 1 saturated carbocycles. The molecule has 0 aliphatic heterocycles. The maximum atomic E-state index is 11.5. The van der Waals surface area contributed by atoms with Crippen LogP contribution >= 0.6 is 0 Å². The summed E-state index contributed by atoms with van der Waals surface area (Å²) in [7, 11) is 0. The molecule has 0 aromatic carbocycles. The molecule has 5 nitrogen and oxygen atoms in total. The van der Waals surface area contributed by atoms with Crippen LogP contribution in [0.3, 0.4) is 0 Å². The molecule has 1 aliphatic rings. The Morgan fingerprint density at radius 3 is 2.71 bits per heavy atom. The van der Waals surface area contributed by atoms with Gasteiger partial charge in [-0.05, 0) is 19.3 Å². The number of aromatic amines is 1. The van der Waals surface area contributed by atoms with Crippen molar-refractivity contribution in [2.45, 2.75) is 31.8 Å². The van der Waals surface area contributed by atoms with Crippen molar-refractivity contribution in [3.05, 3.63) is 32.6 Å². The van der Waals surface area contributed by atoms with E-state index in [0.717, 1.165) is 19.3 Å². The second-order valence-corrected chi connectivity index (χ2v) is 3.59. The van der Waals surface area contributed by atoms with Gasteiger partial charge in [-0.1, -0.05) is 0 Å². The van der Waals surface area contributed by atoms with Gasteiger partial charge in [0.25, 0.3) is 5.56 Å². The van der Waals surface area contributed by atoms with Crippen molar-refractivity contribution in [3.63, 3.8) is 0 Å². The first-order valence-corrected chi connectivity index (χ1v) is 4.77. The normalized spacial score (nSPS) is 16.6. The van der Waals surface area contributed by atoms with E-state index >= 15 is 0 Å². The predicted molar refractivity (Wildman–Crippen MR) is 52.1 cm³/mol. The van der Waals surface area contributed by atoms with Gasteiger partial charge in [0.2, 0.25) is 0 Å². The summed E-state index contributed by atoms with van der Waals surface area (Å²) >= 11 is 0. The van der Waals surface area contributed by atoms with Crippen LogP contribution in [0.5, 0.6) is 0 Å². The Kier molecular flexibility index (Phi) is 2.25. The number of hydrogen-bond acceptors (Lipinski definition) is 3. The average Bonchev–Trinajstić information content (AvgIpc) is 2.05. The van der Waals surface area contributed by atoms with Gasteiger partial charge in [0, 0.05) is 24.3 Å². The second kappa shape index (κ2) is 3.42. The van der Waals surface area contributed by atoms with Gasteiger partial charge in [0.1, 0.15) is 0 Å². The van der Waals surface area contributed by atoms with Gasteiger partial charge in [0.15, 0.2) is 0 Å². The molecule has 1 heterocycles. The van der Waals surface area contributed by atoms with E-state index in [-0.39, 0.29) is 23.8 Å². The van der Waals surface area contributed by atoms with E-state index in [1.807, 2.05) is 0 Å². The van der Waals surface area contributed by atoms with Gasteiger partial charge in [-0.3, -0.25) is 14.3 Å². The zero-order valence-electron chi connectivity index (χ0n) is 7.82. The SMILES string of the molecule is NCc1cc(=O)[nH]c(=O)n1C1CCC1. The summed E-state index contributed by atoms with van der Waals surface area (Å²) in [6.07, 6.45) is 3.14. The summed E-state index contributed by atoms with van der Waals surface area (Å²) in [5.41, 5.74) is 5.42. The first-order valence-electron chi connectivity index (χ1n) is 4.77. The predicted octanol–water partition coefficient (Wildman–Crippen LogP) is -0.280. The Bertz CT molecular complexity index is 442. The topological polar surface area (TPSA) is 80.9 Å². The lowest BCUT2D eigenvalue weighted by Crippen LogP contribution is -2.37. The van der Waals surface area contributed by atoms with Crippen LogP contribution in [0.15, 0.2) is 15.7 Å². The molecule has 76 valence electrons. The van der Waals surface area contributed by atoms with Crippen molar-refractivity contribution >= 4 is 0 Å².